The first-order chi connectivity index (χ1) is 7.38. The minimum Gasteiger partial charge on any atom is -0.360 e. The second-order valence-corrected chi connectivity index (χ2v) is 4.84. The van der Waals surface area contributed by atoms with E-state index in [2.05, 4.69) is 48.0 Å². The van der Waals surface area contributed by atoms with Gasteiger partial charge in [-0.25, -0.2) is 15.8 Å². The van der Waals surface area contributed by atoms with E-state index < -0.39 is 0 Å². The van der Waals surface area contributed by atoms with Gasteiger partial charge in [0.1, 0.15) is 17.5 Å². The number of rotatable bonds is 3. The number of hydrazine groups is 1. The van der Waals surface area contributed by atoms with Gasteiger partial charge in [0.05, 0.1) is 0 Å². The first kappa shape index (κ1) is 12.7. The molecular weight excluding hydrogens is 202 g/mol. The number of nitrogen functional groups attached to an aromatic ring is 1. The predicted molar refractivity (Wildman–Crippen MR) is 67.5 cm³/mol. The van der Waals surface area contributed by atoms with Gasteiger partial charge in [-0.1, -0.05) is 20.8 Å². The van der Waals surface area contributed by atoms with Gasteiger partial charge in [-0.3, -0.25) is 0 Å². The van der Waals surface area contributed by atoms with E-state index in [1.165, 1.54) is 0 Å². The number of anilines is 2. The lowest BCUT2D eigenvalue weighted by molar-refractivity contribution is 0.545. The molecule has 0 aromatic carbocycles. The van der Waals surface area contributed by atoms with E-state index in [1.54, 1.807) is 0 Å². The summed E-state index contributed by atoms with van der Waals surface area (Å²) in [4.78, 5) is 11.0. The van der Waals surface area contributed by atoms with Gasteiger partial charge in [0.25, 0.3) is 0 Å². The topological polar surface area (TPSA) is 67.1 Å². The van der Waals surface area contributed by atoms with Crippen molar-refractivity contribution in [2.24, 2.45) is 5.84 Å². The smallest absolute Gasteiger partial charge is 0.145 e. The molecule has 3 N–H and O–H groups in total. The molecule has 0 unspecified atom stereocenters. The summed E-state index contributed by atoms with van der Waals surface area (Å²) in [5, 5.41) is 0. The van der Waals surface area contributed by atoms with Crippen LogP contribution in [0.3, 0.4) is 0 Å². The quantitative estimate of drug-likeness (QED) is 0.600. The van der Waals surface area contributed by atoms with Crippen molar-refractivity contribution in [2.75, 3.05) is 23.9 Å². The summed E-state index contributed by atoms with van der Waals surface area (Å²) in [6, 6.07) is 1.85. The minimum absolute atomic E-state index is 0.0871. The van der Waals surface area contributed by atoms with Gasteiger partial charge in [-0.2, -0.15) is 0 Å². The van der Waals surface area contributed by atoms with E-state index in [9.17, 15) is 0 Å². The molecule has 1 aromatic heterocycles. The van der Waals surface area contributed by atoms with Crippen molar-refractivity contribution < 1.29 is 0 Å². The minimum atomic E-state index is -0.0871. The van der Waals surface area contributed by atoms with Crippen molar-refractivity contribution >= 4 is 11.6 Å². The zero-order chi connectivity index (χ0) is 12.3. The zero-order valence-electron chi connectivity index (χ0n) is 10.7. The van der Waals surface area contributed by atoms with Crippen molar-refractivity contribution in [3.05, 3.63) is 11.9 Å². The number of hydrogen-bond donors (Lipinski definition) is 2. The SMILES string of the molecule is CCN(C)c1cc(NN)nc(C(C)(C)C)n1. The Kier molecular flexibility index (Phi) is 3.70. The van der Waals surface area contributed by atoms with E-state index in [0.717, 1.165) is 18.2 Å². The third kappa shape index (κ3) is 2.82. The predicted octanol–water partition coefficient (Wildman–Crippen LogP) is 1.52. The molecular formula is C11H21N5. The van der Waals surface area contributed by atoms with E-state index in [4.69, 9.17) is 5.84 Å². The molecule has 0 aliphatic carbocycles. The molecule has 1 aromatic rings. The first-order valence-corrected chi connectivity index (χ1v) is 5.45. The highest BCUT2D eigenvalue weighted by molar-refractivity contribution is 5.48. The largest absolute Gasteiger partial charge is 0.360 e. The van der Waals surface area contributed by atoms with Crippen LogP contribution in [-0.2, 0) is 5.41 Å². The van der Waals surface area contributed by atoms with Gasteiger partial charge >= 0.3 is 0 Å². The lowest BCUT2D eigenvalue weighted by Crippen LogP contribution is -2.23. The molecule has 0 spiro atoms. The highest BCUT2D eigenvalue weighted by atomic mass is 15.3. The highest BCUT2D eigenvalue weighted by Crippen LogP contribution is 2.23. The number of nitrogens with one attached hydrogen (secondary N) is 1. The van der Waals surface area contributed by atoms with Crippen molar-refractivity contribution in [3.8, 4) is 0 Å². The third-order valence-corrected chi connectivity index (χ3v) is 2.40. The molecule has 0 bridgehead atoms. The summed E-state index contributed by atoms with van der Waals surface area (Å²) in [7, 11) is 2.00. The maximum Gasteiger partial charge on any atom is 0.145 e. The fourth-order valence-electron chi connectivity index (χ4n) is 1.20. The van der Waals surface area contributed by atoms with Gasteiger partial charge in [0.2, 0.25) is 0 Å². The molecule has 0 radical (unpaired) electrons. The lowest BCUT2D eigenvalue weighted by Gasteiger charge is -2.22. The number of hydrogen-bond acceptors (Lipinski definition) is 5. The van der Waals surface area contributed by atoms with Crippen LogP contribution < -0.4 is 16.2 Å². The van der Waals surface area contributed by atoms with Crippen LogP contribution in [0.15, 0.2) is 6.07 Å². The van der Waals surface area contributed by atoms with Crippen LogP contribution in [0.1, 0.15) is 33.5 Å². The maximum atomic E-state index is 5.41. The Morgan fingerprint density at radius 2 is 2.00 bits per heavy atom. The molecule has 5 heteroatoms. The fraction of sp³-hybridized carbons (Fsp3) is 0.636. The van der Waals surface area contributed by atoms with Crippen molar-refractivity contribution in [2.45, 2.75) is 33.1 Å². The third-order valence-electron chi connectivity index (χ3n) is 2.40. The van der Waals surface area contributed by atoms with Crippen LogP contribution >= 0.6 is 0 Å². The first-order valence-electron chi connectivity index (χ1n) is 5.45. The summed E-state index contributed by atoms with van der Waals surface area (Å²) in [5.74, 6) is 7.74. The average molecular weight is 223 g/mol. The summed E-state index contributed by atoms with van der Waals surface area (Å²) in [6.07, 6.45) is 0. The zero-order valence-corrected chi connectivity index (χ0v) is 10.7. The molecule has 5 nitrogen and oxygen atoms in total. The standard InChI is InChI=1S/C11H21N5/c1-6-16(5)9-7-8(15-12)13-10(14-9)11(2,3)4/h7H,6,12H2,1-5H3,(H,13,14,15). The van der Waals surface area contributed by atoms with Crippen molar-refractivity contribution in [3.63, 3.8) is 0 Å². The van der Waals surface area contributed by atoms with E-state index in [0.29, 0.717) is 5.82 Å². The summed E-state index contributed by atoms with van der Waals surface area (Å²) >= 11 is 0. The molecule has 1 heterocycles. The van der Waals surface area contributed by atoms with Crippen LogP contribution in [0.2, 0.25) is 0 Å². The number of aromatic nitrogens is 2. The van der Waals surface area contributed by atoms with Gasteiger partial charge in [-0.15, -0.1) is 0 Å². The van der Waals surface area contributed by atoms with Gasteiger partial charge in [0, 0.05) is 25.1 Å². The van der Waals surface area contributed by atoms with Gasteiger partial charge < -0.3 is 10.3 Å². The number of nitrogens with two attached hydrogens (primary N) is 1. The molecule has 0 fully saturated rings. The van der Waals surface area contributed by atoms with E-state index in [-0.39, 0.29) is 5.41 Å². The highest BCUT2D eigenvalue weighted by Gasteiger charge is 2.19. The van der Waals surface area contributed by atoms with Gasteiger partial charge in [0.15, 0.2) is 0 Å². The Bertz CT molecular complexity index is 356. The molecule has 90 valence electrons. The number of nitrogens with zero attached hydrogens (tertiary/aromatic N) is 3. The second kappa shape index (κ2) is 4.65. The van der Waals surface area contributed by atoms with Crippen molar-refractivity contribution in [1.29, 1.82) is 0 Å². The second-order valence-electron chi connectivity index (χ2n) is 4.84. The van der Waals surface area contributed by atoms with E-state index in [1.807, 2.05) is 13.1 Å². The molecule has 0 atom stereocenters. The van der Waals surface area contributed by atoms with Crippen LogP contribution in [0.4, 0.5) is 11.6 Å². The molecule has 0 aliphatic heterocycles. The van der Waals surface area contributed by atoms with Crippen LogP contribution in [0, 0.1) is 0 Å². The monoisotopic (exact) mass is 223 g/mol. The molecule has 0 saturated carbocycles. The Hall–Kier alpha value is -1.36. The fourth-order valence-corrected chi connectivity index (χ4v) is 1.20. The Morgan fingerprint density at radius 3 is 2.44 bits per heavy atom. The normalized spacial score (nSPS) is 11.4. The Labute approximate surface area is 97.0 Å². The Balaban J connectivity index is 3.21. The average Bonchev–Trinajstić information content (AvgIpc) is 2.26. The van der Waals surface area contributed by atoms with E-state index >= 15 is 0 Å². The van der Waals surface area contributed by atoms with Gasteiger partial charge in [-0.05, 0) is 6.92 Å². The molecule has 0 amide bonds. The molecule has 1 rings (SSSR count). The summed E-state index contributed by atoms with van der Waals surface area (Å²) < 4.78 is 0. The summed E-state index contributed by atoms with van der Waals surface area (Å²) in [6.45, 7) is 9.22. The maximum absolute atomic E-state index is 5.41. The van der Waals surface area contributed by atoms with Crippen molar-refractivity contribution in [1.82, 2.24) is 9.97 Å². The Morgan fingerprint density at radius 1 is 1.38 bits per heavy atom. The van der Waals surface area contributed by atoms with Crippen LogP contribution in [-0.4, -0.2) is 23.6 Å². The van der Waals surface area contributed by atoms with Crippen LogP contribution in [0.5, 0.6) is 0 Å². The molecule has 16 heavy (non-hydrogen) atoms. The lowest BCUT2D eigenvalue weighted by atomic mass is 9.96. The summed E-state index contributed by atoms with van der Waals surface area (Å²) in [5.41, 5.74) is 2.49. The molecule has 0 aliphatic rings. The molecule has 0 saturated heterocycles. The van der Waals surface area contributed by atoms with Crippen LogP contribution in [0.25, 0.3) is 0 Å².